The number of nitrogens with zero attached hydrogens (tertiary/aromatic N) is 1. The maximum atomic E-state index is 11.2. The SMILES string of the molecule is COc1cc(CC(C(=O)O)N(C)C)cc(OC)c1. The molecule has 0 heterocycles. The van der Waals surface area contributed by atoms with Gasteiger partial charge < -0.3 is 14.6 Å². The summed E-state index contributed by atoms with van der Waals surface area (Å²) >= 11 is 0. The van der Waals surface area contributed by atoms with E-state index in [0.29, 0.717) is 17.9 Å². The summed E-state index contributed by atoms with van der Waals surface area (Å²) in [6.07, 6.45) is 0.399. The first-order chi connectivity index (χ1) is 8.47. The van der Waals surface area contributed by atoms with Crippen LogP contribution in [-0.4, -0.2) is 50.3 Å². The first kappa shape index (κ1) is 14.3. The van der Waals surface area contributed by atoms with E-state index in [9.17, 15) is 4.79 Å². The normalized spacial score (nSPS) is 12.3. The van der Waals surface area contributed by atoms with Crippen LogP contribution in [0.15, 0.2) is 18.2 Å². The third-order valence-electron chi connectivity index (χ3n) is 2.75. The molecule has 0 amide bonds. The van der Waals surface area contributed by atoms with Gasteiger partial charge in [-0.3, -0.25) is 9.69 Å². The molecule has 1 rings (SSSR count). The Morgan fingerprint density at radius 2 is 1.72 bits per heavy atom. The fraction of sp³-hybridized carbons (Fsp3) is 0.462. The smallest absolute Gasteiger partial charge is 0.321 e. The standard InChI is InChI=1S/C13H19NO4/c1-14(2)12(13(15)16)7-9-5-10(17-3)8-11(6-9)18-4/h5-6,8,12H,7H2,1-4H3,(H,15,16). The lowest BCUT2D eigenvalue weighted by molar-refractivity contribution is -0.142. The third kappa shape index (κ3) is 3.63. The number of hydrogen-bond donors (Lipinski definition) is 1. The molecular formula is C13H19NO4. The van der Waals surface area contributed by atoms with E-state index in [1.54, 1.807) is 39.3 Å². The van der Waals surface area contributed by atoms with E-state index in [1.807, 2.05) is 12.1 Å². The van der Waals surface area contributed by atoms with Gasteiger partial charge in [0.05, 0.1) is 14.2 Å². The second-order valence-electron chi connectivity index (χ2n) is 4.24. The summed E-state index contributed by atoms with van der Waals surface area (Å²) in [5.74, 6) is 0.473. The van der Waals surface area contributed by atoms with Crippen LogP contribution in [0.5, 0.6) is 11.5 Å². The van der Waals surface area contributed by atoms with Crippen molar-refractivity contribution >= 4 is 5.97 Å². The highest BCUT2D eigenvalue weighted by Crippen LogP contribution is 2.23. The predicted octanol–water partition coefficient (Wildman–Crippen LogP) is 1.26. The molecule has 0 aromatic heterocycles. The summed E-state index contributed by atoms with van der Waals surface area (Å²) in [6.45, 7) is 0. The first-order valence-corrected chi connectivity index (χ1v) is 5.59. The van der Waals surface area contributed by atoms with Crippen LogP contribution in [0.1, 0.15) is 5.56 Å². The average molecular weight is 253 g/mol. The molecule has 1 aromatic rings. The summed E-state index contributed by atoms with van der Waals surface area (Å²) in [7, 11) is 6.63. The van der Waals surface area contributed by atoms with Crippen LogP contribution < -0.4 is 9.47 Å². The van der Waals surface area contributed by atoms with Crippen LogP contribution in [0.2, 0.25) is 0 Å². The van der Waals surface area contributed by atoms with Gasteiger partial charge in [0.1, 0.15) is 17.5 Å². The number of benzene rings is 1. The number of ether oxygens (including phenoxy) is 2. The number of carbonyl (C=O) groups is 1. The van der Waals surface area contributed by atoms with Gasteiger partial charge in [0.15, 0.2) is 0 Å². The van der Waals surface area contributed by atoms with Gasteiger partial charge in [0.2, 0.25) is 0 Å². The topological polar surface area (TPSA) is 59.0 Å². The van der Waals surface area contributed by atoms with Crippen molar-refractivity contribution in [2.24, 2.45) is 0 Å². The van der Waals surface area contributed by atoms with Crippen molar-refractivity contribution < 1.29 is 19.4 Å². The van der Waals surface area contributed by atoms with Crippen LogP contribution in [0.25, 0.3) is 0 Å². The van der Waals surface area contributed by atoms with E-state index in [4.69, 9.17) is 14.6 Å². The second-order valence-corrected chi connectivity index (χ2v) is 4.24. The zero-order valence-corrected chi connectivity index (χ0v) is 11.1. The Bertz CT molecular complexity index is 395. The molecule has 0 aliphatic heterocycles. The van der Waals surface area contributed by atoms with Gasteiger partial charge in [0.25, 0.3) is 0 Å². The zero-order valence-electron chi connectivity index (χ0n) is 11.1. The van der Waals surface area contributed by atoms with Crippen LogP contribution in [0.4, 0.5) is 0 Å². The van der Waals surface area contributed by atoms with E-state index in [-0.39, 0.29) is 0 Å². The second kappa shape index (κ2) is 6.26. The average Bonchev–Trinajstić information content (AvgIpc) is 2.34. The molecule has 0 aliphatic rings. The fourth-order valence-electron chi connectivity index (χ4n) is 1.70. The monoisotopic (exact) mass is 253 g/mol. The molecule has 1 atom stereocenters. The number of rotatable bonds is 6. The van der Waals surface area contributed by atoms with Crippen molar-refractivity contribution in [3.8, 4) is 11.5 Å². The van der Waals surface area contributed by atoms with E-state index >= 15 is 0 Å². The Kier molecular flexibility index (Phi) is 4.97. The Morgan fingerprint density at radius 1 is 1.22 bits per heavy atom. The van der Waals surface area contributed by atoms with Gasteiger partial charge in [-0.15, -0.1) is 0 Å². The molecule has 0 spiro atoms. The summed E-state index contributed by atoms with van der Waals surface area (Å²) in [5, 5.41) is 9.15. The molecule has 0 saturated carbocycles. The van der Waals surface area contributed by atoms with E-state index < -0.39 is 12.0 Å². The maximum Gasteiger partial charge on any atom is 0.321 e. The van der Waals surface area contributed by atoms with Gasteiger partial charge in [0, 0.05) is 6.07 Å². The Morgan fingerprint density at radius 3 is 2.06 bits per heavy atom. The number of aliphatic carboxylic acids is 1. The molecule has 5 nitrogen and oxygen atoms in total. The maximum absolute atomic E-state index is 11.2. The van der Waals surface area contributed by atoms with E-state index in [2.05, 4.69) is 0 Å². The molecule has 0 radical (unpaired) electrons. The van der Waals surface area contributed by atoms with Crippen LogP contribution >= 0.6 is 0 Å². The third-order valence-corrected chi connectivity index (χ3v) is 2.75. The van der Waals surface area contributed by atoms with E-state index in [1.165, 1.54) is 0 Å². The molecule has 0 aliphatic carbocycles. The summed E-state index contributed by atoms with van der Waals surface area (Å²) < 4.78 is 10.3. The van der Waals surface area contributed by atoms with Crippen LogP contribution in [0, 0.1) is 0 Å². The minimum atomic E-state index is -0.846. The molecule has 5 heteroatoms. The van der Waals surface area contributed by atoms with Crippen molar-refractivity contribution in [2.45, 2.75) is 12.5 Å². The summed E-state index contributed by atoms with van der Waals surface area (Å²) in [6, 6.07) is 4.83. The highest BCUT2D eigenvalue weighted by molar-refractivity contribution is 5.73. The Balaban J connectivity index is 2.98. The molecule has 0 fully saturated rings. The molecule has 0 bridgehead atoms. The number of carboxylic acid groups (broad SMARTS) is 1. The van der Waals surface area contributed by atoms with E-state index in [0.717, 1.165) is 5.56 Å². The van der Waals surface area contributed by atoms with Gasteiger partial charge in [-0.2, -0.15) is 0 Å². The molecule has 0 saturated heterocycles. The lowest BCUT2D eigenvalue weighted by atomic mass is 10.0. The molecule has 100 valence electrons. The number of hydrogen-bond acceptors (Lipinski definition) is 4. The van der Waals surface area contributed by atoms with Crippen LogP contribution in [0.3, 0.4) is 0 Å². The molecule has 18 heavy (non-hydrogen) atoms. The number of carboxylic acids is 1. The zero-order chi connectivity index (χ0) is 13.7. The molecule has 1 N–H and O–H groups in total. The van der Waals surface area contributed by atoms with Gasteiger partial charge in [-0.1, -0.05) is 0 Å². The minimum absolute atomic E-state index is 0.399. The lowest BCUT2D eigenvalue weighted by Crippen LogP contribution is -2.37. The first-order valence-electron chi connectivity index (χ1n) is 5.59. The molecule has 1 aromatic carbocycles. The van der Waals surface area contributed by atoms with Crippen molar-refractivity contribution in [1.82, 2.24) is 4.90 Å². The highest BCUT2D eigenvalue weighted by atomic mass is 16.5. The number of methoxy groups -OCH3 is 2. The lowest BCUT2D eigenvalue weighted by Gasteiger charge is -2.20. The summed E-state index contributed by atoms with van der Waals surface area (Å²) in [4.78, 5) is 12.8. The predicted molar refractivity (Wildman–Crippen MR) is 68.4 cm³/mol. The van der Waals surface area contributed by atoms with Crippen molar-refractivity contribution in [3.05, 3.63) is 23.8 Å². The van der Waals surface area contributed by atoms with Gasteiger partial charge >= 0.3 is 5.97 Å². The minimum Gasteiger partial charge on any atom is -0.497 e. The Labute approximate surface area is 107 Å². The highest BCUT2D eigenvalue weighted by Gasteiger charge is 2.20. The fourth-order valence-corrected chi connectivity index (χ4v) is 1.70. The Hall–Kier alpha value is -1.75. The molecular weight excluding hydrogens is 234 g/mol. The largest absolute Gasteiger partial charge is 0.497 e. The number of likely N-dealkylation sites (N-methyl/N-ethyl adjacent to an activating group) is 1. The molecule has 1 unspecified atom stereocenters. The van der Waals surface area contributed by atoms with Gasteiger partial charge in [-0.05, 0) is 38.2 Å². The van der Waals surface area contributed by atoms with Crippen molar-refractivity contribution in [3.63, 3.8) is 0 Å². The van der Waals surface area contributed by atoms with Crippen molar-refractivity contribution in [2.75, 3.05) is 28.3 Å². The quantitative estimate of drug-likeness (QED) is 0.827. The van der Waals surface area contributed by atoms with Crippen molar-refractivity contribution in [1.29, 1.82) is 0 Å². The summed E-state index contributed by atoms with van der Waals surface area (Å²) in [5.41, 5.74) is 0.868. The van der Waals surface area contributed by atoms with Crippen LogP contribution in [-0.2, 0) is 11.2 Å². The van der Waals surface area contributed by atoms with Gasteiger partial charge in [-0.25, -0.2) is 0 Å².